The van der Waals surface area contributed by atoms with Crippen molar-refractivity contribution in [1.29, 1.82) is 0 Å². The van der Waals surface area contributed by atoms with Crippen LogP contribution in [0.25, 0.3) is 0 Å². The zero-order chi connectivity index (χ0) is 11.2. The second kappa shape index (κ2) is 6.81. The fourth-order valence-electron chi connectivity index (χ4n) is 2.18. The standard InChI is InChI=1S/C11H22N2O2S/c14-11(13-5-9-16-10-6-13)1-2-12-3-7-15-8-4-12/h11,14H,1-10H2. The van der Waals surface area contributed by atoms with Crippen LogP contribution in [0, 0.1) is 0 Å². The Balaban J connectivity index is 1.63. The first kappa shape index (κ1) is 12.6. The van der Waals surface area contributed by atoms with E-state index in [4.69, 9.17) is 4.74 Å². The van der Waals surface area contributed by atoms with Crippen LogP contribution in [0.1, 0.15) is 6.42 Å². The summed E-state index contributed by atoms with van der Waals surface area (Å²) in [5.74, 6) is 2.32. The van der Waals surface area contributed by atoms with E-state index in [0.29, 0.717) is 0 Å². The minimum Gasteiger partial charge on any atom is -0.379 e. The number of aliphatic hydroxyl groups is 1. The topological polar surface area (TPSA) is 35.9 Å². The van der Waals surface area contributed by atoms with E-state index in [1.807, 2.05) is 11.8 Å². The molecule has 0 bridgehead atoms. The van der Waals surface area contributed by atoms with Gasteiger partial charge in [-0.3, -0.25) is 9.80 Å². The second-order valence-corrected chi connectivity index (χ2v) is 5.60. The minimum absolute atomic E-state index is 0.247. The smallest absolute Gasteiger partial charge is 0.108 e. The number of rotatable bonds is 4. The molecule has 2 fully saturated rings. The first-order valence-corrected chi connectivity index (χ1v) is 7.32. The van der Waals surface area contributed by atoms with Crippen molar-refractivity contribution < 1.29 is 9.84 Å². The van der Waals surface area contributed by atoms with Gasteiger partial charge in [0.05, 0.1) is 13.2 Å². The van der Waals surface area contributed by atoms with Gasteiger partial charge < -0.3 is 9.84 Å². The Kier molecular flexibility index (Phi) is 5.38. The highest BCUT2D eigenvalue weighted by Gasteiger charge is 2.19. The van der Waals surface area contributed by atoms with Gasteiger partial charge in [0, 0.05) is 44.2 Å². The van der Waals surface area contributed by atoms with Crippen LogP contribution < -0.4 is 0 Å². The Bertz CT molecular complexity index is 194. The van der Waals surface area contributed by atoms with E-state index in [1.54, 1.807) is 0 Å². The highest BCUT2D eigenvalue weighted by molar-refractivity contribution is 7.99. The van der Waals surface area contributed by atoms with Crippen molar-refractivity contribution in [2.75, 3.05) is 57.4 Å². The largest absolute Gasteiger partial charge is 0.379 e. The highest BCUT2D eigenvalue weighted by Crippen LogP contribution is 2.13. The molecule has 94 valence electrons. The van der Waals surface area contributed by atoms with Crippen molar-refractivity contribution in [3.05, 3.63) is 0 Å². The van der Waals surface area contributed by atoms with Gasteiger partial charge in [-0.25, -0.2) is 0 Å². The van der Waals surface area contributed by atoms with E-state index in [1.165, 1.54) is 0 Å². The number of nitrogens with zero attached hydrogens (tertiary/aromatic N) is 2. The van der Waals surface area contributed by atoms with Crippen molar-refractivity contribution in [3.63, 3.8) is 0 Å². The average molecular weight is 246 g/mol. The molecular weight excluding hydrogens is 224 g/mol. The summed E-state index contributed by atoms with van der Waals surface area (Å²) in [6.45, 7) is 6.79. The summed E-state index contributed by atoms with van der Waals surface area (Å²) in [6.07, 6.45) is 0.619. The predicted octanol–water partition coefficient (Wildman–Crippen LogP) is 0.0759. The van der Waals surface area contributed by atoms with Crippen LogP contribution in [0.15, 0.2) is 0 Å². The maximum absolute atomic E-state index is 10.1. The average Bonchev–Trinajstić information content (AvgIpc) is 2.38. The lowest BCUT2D eigenvalue weighted by molar-refractivity contribution is -0.0150. The number of morpholine rings is 1. The van der Waals surface area contributed by atoms with Crippen LogP contribution >= 0.6 is 11.8 Å². The van der Waals surface area contributed by atoms with Crippen LogP contribution in [0.4, 0.5) is 0 Å². The first-order chi connectivity index (χ1) is 7.86. The van der Waals surface area contributed by atoms with Gasteiger partial charge in [-0.1, -0.05) is 0 Å². The lowest BCUT2D eigenvalue weighted by atomic mass is 10.3. The lowest BCUT2D eigenvalue weighted by Crippen LogP contribution is -2.44. The van der Waals surface area contributed by atoms with E-state index in [0.717, 1.165) is 63.9 Å². The van der Waals surface area contributed by atoms with Crippen molar-refractivity contribution in [2.24, 2.45) is 0 Å². The highest BCUT2D eigenvalue weighted by atomic mass is 32.2. The van der Waals surface area contributed by atoms with Gasteiger partial charge in [-0.05, 0) is 6.42 Å². The van der Waals surface area contributed by atoms with Crippen molar-refractivity contribution in [3.8, 4) is 0 Å². The molecule has 1 N–H and O–H groups in total. The third-order valence-electron chi connectivity index (χ3n) is 3.27. The molecule has 2 aliphatic rings. The summed E-state index contributed by atoms with van der Waals surface area (Å²) < 4.78 is 5.31. The summed E-state index contributed by atoms with van der Waals surface area (Å²) in [5, 5.41) is 10.1. The van der Waals surface area contributed by atoms with Gasteiger partial charge in [-0.2, -0.15) is 11.8 Å². The SMILES string of the molecule is OC(CCN1CCOCC1)N1CCSCC1. The molecule has 0 aromatic heterocycles. The molecule has 5 heteroatoms. The minimum atomic E-state index is -0.247. The Hall–Kier alpha value is 0.190. The lowest BCUT2D eigenvalue weighted by Gasteiger charge is -2.33. The number of aliphatic hydroxyl groups excluding tert-OH is 1. The van der Waals surface area contributed by atoms with Crippen LogP contribution in [-0.2, 0) is 4.74 Å². The molecule has 16 heavy (non-hydrogen) atoms. The summed E-state index contributed by atoms with van der Waals surface area (Å²) in [6, 6.07) is 0. The zero-order valence-electron chi connectivity index (χ0n) is 9.81. The molecule has 4 nitrogen and oxygen atoms in total. The van der Waals surface area contributed by atoms with E-state index in [-0.39, 0.29) is 6.23 Å². The van der Waals surface area contributed by atoms with Gasteiger partial charge in [0.2, 0.25) is 0 Å². The molecule has 2 heterocycles. The molecule has 0 saturated carbocycles. The van der Waals surface area contributed by atoms with E-state index in [9.17, 15) is 5.11 Å². The monoisotopic (exact) mass is 246 g/mol. The molecular formula is C11H22N2O2S. The van der Waals surface area contributed by atoms with Gasteiger partial charge in [0.1, 0.15) is 6.23 Å². The molecule has 0 amide bonds. The summed E-state index contributed by atoms with van der Waals surface area (Å²) in [4.78, 5) is 4.59. The molecule has 1 unspecified atom stereocenters. The predicted molar refractivity (Wildman–Crippen MR) is 66.8 cm³/mol. The Morgan fingerprint density at radius 2 is 1.81 bits per heavy atom. The molecule has 1 atom stereocenters. The van der Waals surface area contributed by atoms with E-state index in [2.05, 4.69) is 9.80 Å². The number of hydrogen-bond donors (Lipinski definition) is 1. The van der Waals surface area contributed by atoms with Gasteiger partial charge >= 0.3 is 0 Å². The van der Waals surface area contributed by atoms with Crippen LogP contribution in [-0.4, -0.2) is 78.6 Å². The maximum Gasteiger partial charge on any atom is 0.108 e. The fourth-order valence-corrected chi connectivity index (χ4v) is 3.11. The normalized spacial score (nSPS) is 26.8. The van der Waals surface area contributed by atoms with Gasteiger partial charge in [0.25, 0.3) is 0 Å². The summed E-state index contributed by atoms with van der Waals surface area (Å²) >= 11 is 1.98. The number of thioether (sulfide) groups is 1. The molecule has 0 radical (unpaired) electrons. The van der Waals surface area contributed by atoms with Crippen molar-refractivity contribution in [2.45, 2.75) is 12.6 Å². The first-order valence-electron chi connectivity index (χ1n) is 6.16. The molecule has 2 aliphatic heterocycles. The van der Waals surface area contributed by atoms with Gasteiger partial charge in [0.15, 0.2) is 0 Å². The quantitative estimate of drug-likeness (QED) is 0.760. The summed E-state index contributed by atoms with van der Waals surface area (Å²) in [7, 11) is 0. The zero-order valence-corrected chi connectivity index (χ0v) is 10.6. The third kappa shape index (κ3) is 3.89. The molecule has 0 spiro atoms. The van der Waals surface area contributed by atoms with Crippen LogP contribution in [0.2, 0.25) is 0 Å². The van der Waals surface area contributed by atoms with Gasteiger partial charge in [-0.15, -0.1) is 0 Å². The second-order valence-electron chi connectivity index (χ2n) is 4.37. The number of ether oxygens (including phenoxy) is 1. The maximum atomic E-state index is 10.1. The molecule has 0 aliphatic carbocycles. The van der Waals surface area contributed by atoms with Crippen molar-refractivity contribution in [1.82, 2.24) is 9.80 Å². The Labute approximate surface area is 102 Å². The molecule has 2 rings (SSSR count). The van der Waals surface area contributed by atoms with Crippen LogP contribution in [0.5, 0.6) is 0 Å². The fraction of sp³-hybridized carbons (Fsp3) is 1.00. The molecule has 0 aromatic carbocycles. The summed E-state index contributed by atoms with van der Waals surface area (Å²) in [5.41, 5.74) is 0. The Morgan fingerprint density at radius 3 is 2.50 bits per heavy atom. The number of hydrogen-bond acceptors (Lipinski definition) is 5. The van der Waals surface area contributed by atoms with Crippen LogP contribution in [0.3, 0.4) is 0 Å². The Morgan fingerprint density at radius 1 is 1.12 bits per heavy atom. The van der Waals surface area contributed by atoms with Crippen molar-refractivity contribution >= 4 is 11.8 Å². The van der Waals surface area contributed by atoms with E-state index < -0.39 is 0 Å². The molecule has 2 saturated heterocycles. The van der Waals surface area contributed by atoms with E-state index >= 15 is 0 Å². The third-order valence-corrected chi connectivity index (χ3v) is 4.22. The molecule has 0 aromatic rings.